The van der Waals surface area contributed by atoms with Gasteiger partial charge < -0.3 is 0 Å². The quantitative estimate of drug-likeness (QED) is 0.270. The van der Waals surface area contributed by atoms with Gasteiger partial charge in [0.1, 0.15) is 0 Å². The van der Waals surface area contributed by atoms with Crippen LogP contribution in [-0.2, 0) is 18.5 Å². The van der Waals surface area contributed by atoms with Crippen LogP contribution in [0.1, 0.15) is 16.7 Å². The van der Waals surface area contributed by atoms with Crippen molar-refractivity contribution in [1.82, 2.24) is 0 Å². The van der Waals surface area contributed by atoms with Crippen molar-refractivity contribution in [2.24, 2.45) is 0 Å². The molecule has 164 valence electrons. The van der Waals surface area contributed by atoms with E-state index in [1.807, 2.05) is 0 Å². The Kier molecular flexibility index (Phi) is 6.43. The van der Waals surface area contributed by atoms with Crippen molar-refractivity contribution in [1.29, 1.82) is 0 Å². The van der Waals surface area contributed by atoms with Gasteiger partial charge in [0, 0.05) is 0 Å². The standard InChI is InChI=1S/3C7H4F3.Bi/c3*8-7(9,10)6-4-2-1-3-5-6;/h3*2-5H;. The van der Waals surface area contributed by atoms with Crippen LogP contribution in [-0.4, -0.2) is 21.8 Å². The fourth-order valence-electron chi connectivity index (χ4n) is 2.85. The van der Waals surface area contributed by atoms with Crippen LogP contribution in [0.4, 0.5) is 39.5 Å². The summed E-state index contributed by atoms with van der Waals surface area (Å²) in [5.74, 6) is 0. The average molecular weight is 644 g/mol. The van der Waals surface area contributed by atoms with Crippen LogP contribution in [0.15, 0.2) is 72.8 Å². The molecule has 31 heavy (non-hydrogen) atoms. The Bertz CT molecular complexity index is 877. The van der Waals surface area contributed by atoms with Crippen molar-refractivity contribution in [2.75, 3.05) is 0 Å². The first kappa shape index (κ1) is 23.6. The third-order valence-corrected chi connectivity index (χ3v) is 13.9. The fourth-order valence-corrected chi connectivity index (χ4v) is 11.5. The first-order valence-corrected chi connectivity index (χ1v) is 13.8. The van der Waals surface area contributed by atoms with E-state index in [4.69, 9.17) is 0 Å². The van der Waals surface area contributed by atoms with E-state index < -0.39 is 57.0 Å². The van der Waals surface area contributed by atoms with Crippen molar-refractivity contribution in [3.05, 3.63) is 89.5 Å². The van der Waals surface area contributed by atoms with Gasteiger partial charge in [-0.05, 0) is 0 Å². The molecule has 0 N–H and O–H groups in total. The summed E-state index contributed by atoms with van der Waals surface area (Å²) in [6.07, 6.45) is -13.7. The second kappa shape index (κ2) is 8.45. The zero-order chi connectivity index (χ0) is 23.0. The maximum atomic E-state index is 12.9. The summed E-state index contributed by atoms with van der Waals surface area (Å²) in [7, 11) is 0. The van der Waals surface area contributed by atoms with Gasteiger partial charge in [-0.3, -0.25) is 0 Å². The van der Waals surface area contributed by atoms with E-state index in [0.717, 1.165) is 36.4 Å². The number of hydrogen-bond donors (Lipinski definition) is 0. The molecule has 0 nitrogen and oxygen atoms in total. The van der Waals surface area contributed by atoms with Crippen LogP contribution in [0.3, 0.4) is 0 Å². The van der Waals surface area contributed by atoms with Crippen molar-refractivity contribution in [2.45, 2.75) is 18.5 Å². The van der Waals surface area contributed by atoms with Crippen LogP contribution < -0.4 is 9.81 Å². The molecule has 3 aromatic carbocycles. The molecule has 0 amide bonds. The number of alkyl halides is 9. The molecule has 10 heteroatoms. The Morgan fingerprint density at radius 3 is 0.710 bits per heavy atom. The van der Waals surface area contributed by atoms with E-state index in [-0.39, 0.29) is 0 Å². The fraction of sp³-hybridized carbons (Fsp3) is 0.143. The molecule has 0 aliphatic rings. The Hall–Kier alpha value is -2.09. The van der Waals surface area contributed by atoms with Crippen LogP contribution in [0.25, 0.3) is 0 Å². The minimum absolute atomic E-state index is 0.488. The monoisotopic (exact) mass is 644 g/mol. The predicted octanol–water partition coefficient (Wildman–Crippen LogP) is 5.26. The van der Waals surface area contributed by atoms with Crippen molar-refractivity contribution < 1.29 is 39.5 Å². The van der Waals surface area contributed by atoms with E-state index in [1.165, 1.54) is 36.4 Å². The normalized spacial score (nSPS) is 13.0. The van der Waals surface area contributed by atoms with Gasteiger partial charge in [0.15, 0.2) is 0 Å². The molecule has 0 spiro atoms. The van der Waals surface area contributed by atoms with Gasteiger partial charge in [0.05, 0.1) is 0 Å². The molecule has 3 aromatic rings. The second-order valence-corrected chi connectivity index (χ2v) is 15.1. The van der Waals surface area contributed by atoms with E-state index in [2.05, 4.69) is 0 Å². The molecule has 0 fully saturated rings. The van der Waals surface area contributed by atoms with Crippen LogP contribution in [0.2, 0.25) is 0 Å². The van der Waals surface area contributed by atoms with Gasteiger partial charge >= 0.3 is 179 Å². The number of hydrogen-bond acceptors (Lipinski definition) is 0. The average Bonchev–Trinajstić information content (AvgIpc) is 2.67. The molecule has 0 radical (unpaired) electrons. The van der Waals surface area contributed by atoms with Gasteiger partial charge in [0.2, 0.25) is 0 Å². The number of halogens is 9. The van der Waals surface area contributed by atoms with Gasteiger partial charge in [0.25, 0.3) is 0 Å². The topological polar surface area (TPSA) is 0 Å². The summed E-state index contributed by atoms with van der Waals surface area (Å²) in [6.45, 7) is 0. The zero-order valence-corrected chi connectivity index (χ0v) is 18.8. The molecule has 0 atom stereocenters. The molecular weight excluding hydrogens is 632 g/mol. The van der Waals surface area contributed by atoms with Crippen molar-refractivity contribution >= 4 is 31.6 Å². The molecule has 0 saturated carbocycles. The Morgan fingerprint density at radius 2 is 0.548 bits per heavy atom. The first-order chi connectivity index (χ1) is 14.3. The van der Waals surface area contributed by atoms with Crippen LogP contribution >= 0.6 is 0 Å². The van der Waals surface area contributed by atoms with Crippen molar-refractivity contribution in [3.8, 4) is 0 Å². The zero-order valence-electron chi connectivity index (χ0n) is 15.3. The second-order valence-electron chi connectivity index (χ2n) is 6.47. The molecule has 0 unspecified atom stereocenters. The van der Waals surface area contributed by atoms with E-state index in [1.54, 1.807) is 0 Å². The van der Waals surface area contributed by atoms with Gasteiger partial charge in [-0.2, -0.15) is 0 Å². The SMILES string of the molecule is FC(F)(F)c1cc[c]([Bi]([c]2ccc(C(F)(F)F)cc2)[c]2ccc(C(F)(F)F)cc2)cc1. The molecule has 3 rings (SSSR count). The molecule has 0 saturated heterocycles. The third-order valence-electron chi connectivity index (χ3n) is 4.36. The Balaban J connectivity index is 2.08. The van der Waals surface area contributed by atoms with E-state index in [0.29, 0.717) is 9.81 Å². The van der Waals surface area contributed by atoms with Crippen molar-refractivity contribution in [3.63, 3.8) is 0 Å². The minimum atomic E-state index is -4.56. The Labute approximate surface area is 179 Å². The van der Waals surface area contributed by atoms with E-state index in [9.17, 15) is 39.5 Å². The molecule has 0 aromatic heterocycles. The van der Waals surface area contributed by atoms with Crippen LogP contribution in [0, 0.1) is 0 Å². The summed E-state index contributed by atoms with van der Waals surface area (Å²) >= 11 is -3.46. The van der Waals surface area contributed by atoms with Gasteiger partial charge in [-0.1, -0.05) is 0 Å². The maximum absolute atomic E-state index is 12.9. The molecule has 0 aliphatic heterocycles. The summed E-state index contributed by atoms with van der Waals surface area (Å²) < 4.78 is 117. The molecule has 0 bridgehead atoms. The first-order valence-electron chi connectivity index (χ1n) is 8.59. The van der Waals surface area contributed by atoms with Gasteiger partial charge in [-0.25, -0.2) is 0 Å². The van der Waals surface area contributed by atoms with Crippen LogP contribution in [0.5, 0.6) is 0 Å². The summed E-state index contributed by atoms with van der Waals surface area (Å²) in [5.41, 5.74) is -2.67. The molecule has 0 aliphatic carbocycles. The predicted molar refractivity (Wildman–Crippen MR) is 99.0 cm³/mol. The number of benzene rings is 3. The third kappa shape index (κ3) is 5.59. The van der Waals surface area contributed by atoms with E-state index >= 15 is 0 Å². The molecule has 0 heterocycles. The number of rotatable bonds is 3. The summed E-state index contributed by atoms with van der Waals surface area (Å²) in [4.78, 5) is 0. The summed E-state index contributed by atoms with van der Waals surface area (Å²) in [6, 6.07) is 12.7. The Morgan fingerprint density at radius 1 is 0.355 bits per heavy atom. The molecular formula is C21H12BiF9. The van der Waals surface area contributed by atoms with Gasteiger partial charge in [-0.15, -0.1) is 0 Å². The summed E-state index contributed by atoms with van der Waals surface area (Å²) in [5, 5.41) is 0.